The molecule has 26 heavy (non-hydrogen) atoms. The van der Waals surface area contributed by atoms with Crippen molar-refractivity contribution in [3.63, 3.8) is 0 Å². The SMILES string of the molecule is OC(COCCN1CCOCC1)CC(F)(F)C(F)(F)C(F)(F)C(F)(F)F. The van der Waals surface area contributed by atoms with Crippen LogP contribution in [0.25, 0.3) is 0 Å². The number of rotatable bonds is 9. The Kier molecular flexibility index (Phi) is 7.59. The van der Waals surface area contributed by atoms with Crippen LogP contribution in [0.2, 0.25) is 0 Å². The predicted molar refractivity (Wildman–Crippen MR) is 69.6 cm³/mol. The number of aliphatic hydroxyl groups is 1. The maximum Gasteiger partial charge on any atom is 0.460 e. The summed E-state index contributed by atoms with van der Waals surface area (Å²) in [5, 5.41) is 9.26. The zero-order valence-electron chi connectivity index (χ0n) is 13.3. The van der Waals surface area contributed by atoms with E-state index in [0.29, 0.717) is 32.8 Å². The van der Waals surface area contributed by atoms with Crippen LogP contribution in [0.5, 0.6) is 0 Å². The van der Waals surface area contributed by atoms with Gasteiger partial charge in [0.05, 0.1) is 32.5 Å². The molecule has 1 saturated heterocycles. The van der Waals surface area contributed by atoms with E-state index in [1.165, 1.54) is 0 Å². The molecule has 1 unspecified atom stereocenters. The highest BCUT2D eigenvalue weighted by atomic mass is 19.4. The molecule has 0 bridgehead atoms. The Balaban J connectivity index is 2.51. The summed E-state index contributed by atoms with van der Waals surface area (Å²) in [6.45, 7) is 1.39. The van der Waals surface area contributed by atoms with Gasteiger partial charge in [-0.15, -0.1) is 0 Å². The Morgan fingerprint density at radius 3 is 1.96 bits per heavy atom. The van der Waals surface area contributed by atoms with Crippen LogP contribution in [0.1, 0.15) is 6.42 Å². The zero-order chi connectivity index (χ0) is 20.2. The van der Waals surface area contributed by atoms with Crippen LogP contribution >= 0.6 is 0 Å². The third kappa shape index (κ3) is 5.36. The molecule has 1 aliphatic heterocycles. The Hall–Kier alpha value is -0.790. The van der Waals surface area contributed by atoms with Gasteiger partial charge in [-0.05, 0) is 0 Å². The standard InChI is InChI=1S/C13H18F9NO3/c14-10(15,11(16,17)12(18,19)13(20,21)22)7-9(24)8-26-6-3-23-1-4-25-5-2-23/h9,24H,1-8H2. The number of morpholine rings is 1. The number of alkyl halides is 9. The molecular formula is C13H18F9NO3. The molecule has 13 heteroatoms. The molecule has 4 nitrogen and oxygen atoms in total. The molecule has 1 rings (SSSR count). The Bertz CT molecular complexity index is 439. The van der Waals surface area contributed by atoms with Crippen LogP contribution in [0.4, 0.5) is 39.5 Å². The molecule has 1 heterocycles. The number of nitrogens with zero attached hydrogens (tertiary/aromatic N) is 1. The van der Waals surface area contributed by atoms with Gasteiger partial charge in [0.25, 0.3) is 0 Å². The second-order valence-corrected chi connectivity index (χ2v) is 5.74. The van der Waals surface area contributed by atoms with Crippen molar-refractivity contribution in [2.24, 2.45) is 0 Å². The summed E-state index contributed by atoms with van der Waals surface area (Å²) >= 11 is 0. The van der Waals surface area contributed by atoms with Crippen molar-refractivity contribution in [3.05, 3.63) is 0 Å². The Labute approximate surface area is 142 Å². The van der Waals surface area contributed by atoms with E-state index >= 15 is 0 Å². The lowest BCUT2D eigenvalue weighted by Crippen LogP contribution is -2.61. The van der Waals surface area contributed by atoms with Crippen molar-refractivity contribution >= 4 is 0 Å². The number of aliphatic hydroxyl groups excluding tert-OH is 1. The van der Waals surface area contributed by atoms with Crippen LogP contribution < -0.4 is 0 Å². The molecule has 1 atom stereocenters. The largest absolute Gasteiger partial charge is 0.460 e. The number of hydrogen-bond donors (Lipinski definition) is 1. The molecule has 1 aliphatic rings. The average molecular weight is 407 g/mol. The van der Waals surface area contributed by atoms with E-state index in [-0.39, 0.29) is 6.61 Å². The molecule has 0 aromatic rings. The molecule has 156 valence electrons. The number of halogens is 9. The van der Waals surface area contributed by atoms with Crippen molar-refractivity contribution < 1.29 is 54.1 Å². The van der Waals surface area contributed by atoms with E-state index in [4.69, 9.17) is 9.47 Å². The van der Waals surface area contributed by atoms with Gasteiger partial charge >= 0.3 is 23.9 Å². The van der Waals surface area contributed by atoms with E-state index in [0.717, 1.165) is 0 Å². The van der Waals surface area contributed by atoms with Gasteiger partial charge in [-0.25, -0.2) is 0 Å². The molecule has 0 radical (unpaired) electrons. The first-order valence-electron chi connectivity index (χ1n) is 7.48. The monoisotopic (exact) mass is 407 g/mol. The summed E-state index contributed by atoms with van der Waals surface area (Å²) in [6.07, 6.45) is -11.5. The van der Waals surface area contributed by atoms with Gasteiger partial charge in [0.2, 0.25) is 0 Å². The molecule has 1 N–H and O–H groups in total. The topological polar surface area (TPSA) is 41.9 Å². The van der Waals surface area contributed by atoms with E-state index in [1.54, 1.807) is 0 Å². The zero-order valence-corrected chi connectivity index (χ0v) is 13.3. The summed E-state index contributed by atoms with van der Waals surface area (Å²) in [5.41, 5.74) is 0. The normalized spacial score (nSPS) is 19.6. The smallest absolute Gasteiger partial charge is 0.390 e. The minimum Gasteiger partial charge on any atom is -0.390 e. The van der Waals surface area contributed by atoms with Gasteiger partial charge in [-0.3, -0.25) is 4.90 Å². The Morgan fingerprint density at radius 2 is 1.46 bits per heavy atom. The molecule has 0 spiro atoms. The highest BCUT2D eigenvalue weighted by Crippen LogP contribution is 2.54. The van der Waals surface area contributed by atoms with Crippen LogP contribution in [-0.2, 0) is 9.47 Å². The fraction of sp³-hybridized carbons (Fsp3) is 1.00. The quantitative estimate of drug-likeness (QED) is 0.471. The van der Waals surface area contributed by atoms with Gasteiger partial charge in [0.15, 0.2) is 0 Å². The van der Waals surface area contributed by atoms with Gasteiger partial charge in [0.1, 0.15) is 0 Å². The van der Waals surface area contributed by atoms with Crippen LogP contribution in [0, 0.1) is 0 Å². The molecule has 0 aliphatic carbocycles. The molecule has 0 saturated carbocycles. The Morgan fingerprint density at radius 1 is 0.923 bits per heavy atom. The lowest BCUT2D eigenvalue weighted by atomic mass is 9.98. The van der Waals surface area contributed by atoms with E-state index in [9.17, 15) is 44.6 Å². The molecule has 0 aromatic carbocycles. The van der Waals surface area contributed by atoms with Crippen molar-refractivity contribution in [1.82, 2.24) is 4.90 Å². The number of ether oxygens (including phenoxy) is 2. The highest BCUT2D eigenvalue weighted by Gasteiger charge is 2.81. The van der Waals surface area contributed by atoms with Crippen LogP contribution in [0.3, 0.4) is 0 Å². The minimum atomic E-state index is -6.96. The van der Waals surface area contributed by atoms with Crippen LogP contribution in [-0.4, -0.2) is 86.1 Å². The summed E-state index contributed by atoms with van der Waals surface area (Å²) in [6, 6.07) is 0. The summed E-state index contributed by atoms with van der Waals surface area (Å²) in [4.78, 5) is 1.86. The van der Waals surface area contributed by atoms with Crippen LogP contribution in [0.15, 0.2) is 0 Å². The van der Waals surface area contributed by atoms with E-state index in [2.05, 4.69) is 0 Å². The number of hydrogen-bond acceptors (Lipinski definition) is 4. The van der Waals surface area contributed by atoms with Crippen molar-refractivity contribution in [3.8, 4) is 0 Å². The lowest BCUT2D eigenvalue weighted by Gasteiger charge is -2.34. The maximum absolute atomic E-state index is 13.3. The molecule has 0 aromatic heterocycles. The molecule has 0 amide bonds. The first-order valence-corrected chi connectivity index (χ1v) is 7.48. The third-order valence-electron chi connectivity index (χ3n) is 3.67. The fourth-order valence-electron chi connectivity index (χ4n) is 2.13. The van der Waals surface area contributed by atoms with Gasteiger partial charge in [0, 0.05) is 26.1 Å². The lowest BCUT2D eigenvalue weighted by molar-refractivity contribution is -0.398. The molecular weight excluding hydrogens is 389 g/mol. The van der Waals surface area contributed by atoms with Gasteiger partial charge < -0.3 is 14.6 Å². The second kappa shape index (κ2) is 8.48. The fourth-order valence-corrected chi connectivity index (χ4v) is 2.13. The summed E-state index contributed by atoms with van der Waals surface area (Å²) < 4.78 is 124. The summed E-state index contributed by atoms with van der Waals surface area (Å²) in [7, 11) is 0. The first-order chi connectivity index (χ1) is 11.7. The van der Waals surface area contributed by atoms with E-state index < -0.39 is 43.1 Å². The second-order valence-electron chi connectivity index (χ2n) is 5.74. The highest BCUT2D eigenvalue weighted by molar-refractivity contribution is 5.01. The van der Waals surface area contributed by atoms with Crippen molar-refractivity contribution in [1.29, 1.82) is 0 Å². The molecule has 1 fully saturated rings. The average Bonchev–Trinajstić information content (AvgIpc) is 2.50. The van der Waals surface area contributed by atoms with Gasteiger partial charge in [-0.2, -0.15) is 39.5 Å². The van der Waals surface area contributed by atoms with E-state index in [1.807, 2.05) is 4.90 Å². The first kappa shape index (κ1) is 23.2. The third-order valence-corrected chi connectivity index (χ3v) is 3.67. The van der Waals surface area contributed by atoms with Gasteiger partial charge in [-0.1, -0.05) is 0 Å². The maximum atomic E-state index is 13.3. The van der Waals surface area contributed by atoms with Crippen molar-refractivity contribution in [2.75, 3.05) is 46.1 Å². The minimum absolute atomic E-state index is 0.0856. The van der Waals surface area contributed by atoms with Crippen molar-refractivity contribution in [2.45, 2.75) is 36.5 Å². The summed E-state index contributed by atoms with van der Waals surface area (Å²) in [5.74, 6) is -19.5. The predicted octanol–water partition coefficient (Wildman–Crippen LogP) is 2.55.